The summed E-state index contributed by atoms with van der Waals surface area (Å²) in [7, 11) is 0. The largest absolute Gasteiger partial charge is 0.493 e. The van der Waals surface area contributed by atoms with Gasteiger partial charge in [-0.25, -0.2) is 0 Å². The van der Waals surface area contributed by atoms with E-state index in [2.05, 4.69) is 32.0 Å². The van der Waals surface area contributed by atoms with E-state index >= 15 is 0 Å². The topological polar surface area (TPSA) is 33.0 Å². The van der Waals surface area contributed by atoms with E-state index in [0.717, 1.165) is 25.2 Å². The minimum atomic E-state index is -0.225. The van der Waals surface area contributed by atoms with E-state index in [9.17, 15) is 5.26 Å². The van der Waals surface area contributed by atoms with E-state index in [4.69, 9.17) is 4.74 Å². The van der Waals surface area contributed by atoms with Crippen molar-refractivity contribution in [2.75, 3.05) is 6.61 Å². The van der Waals surface area contributed by atoms with Gasteiger partial charge in [0.25, 0.3) is 0 Å². The maximum atomic E-state index is 9.61. The molecule has 2 heteroatoms. The van der Waals surface area contributed by atoms with Gasteiger partial charge < -0.3 is 4.74 Å². The summed E-state index contributed by atoms with van der Waals surface area (Å²) in [6.07, 6.45) is 6.12. The third-order valence-electron chi connectivity index (χ3n) is 4.97. The maximum Gasteiger partial charge on any atom is 0.119 e. The predicted octanol–water partition coefficient (Wildman–Crippen LogP) is 4.45. The fourth-order valence-corrected chi connectivity index (χ4v) is 3.74. The number of hydrogen-bond donors (Lipinski definition) is 0. The van der Waals surface area contributed by atoms with Crippen LogP contribution >= 0.6 is 0 Å². The van der Waals surface area contributed by atoms with Crippen LogP contribution in [0.15, 0.2) is 24.3 Å². The normalized spacial score (nSPS) is 21.9. The van der Waals surface area contributed by atoms with Gasteiger partial charge in [0, 0.05) is 0 Å². The molecule has 2 aliphatic carbocycles. The van der Waals surface area contributed by atoms with Crippen molar-refractivity contribution >= 4 is 0 Å². The summed E-state index contributed by atoms with van der Waals surface area (Å²) in [6.45, 7) is 5.03. The van der Waals surface area contributed by atoms with Gasteiger partial charge >= 0.3 is 0 Å². The molecule has 0 bridgehead atoms. The third kappa shape index (κ3) is 2.20. The summed E-state index contributed by atoms with van der Waals surface area (Å²) in [5.74, 6) is 1.44. The molecule has 106 valence electrons. The average Bonchev–Trinajstić information content (AvgIpc) is 2.35. The molecule has 0 aromatic heterocycles. The van der Waals surface area contributed by atoms with Crippen molar-refractivity contribution in [3.63, 3.8) is 0 Å². The second-order valence-corrected chi connectivity index (χ2v) is 7.13. The standard InChI is InChI=1S/C18H23NO/c1-14(2)10-20-16-6-4-15(5-7-16)18(13-19)11-17(12-18)8-3-9-17/h4-7,14H,3,8-12H2,1-2H3. The average molecular weight is 269 g/mol. The monoisotopic (exact) mass is 269 g/mol. The zero-order valence-electron chi connectivity index (χ0n) is 12.5. The molecule has 1 aromatic rings. The highest BCUT2D eigenvalue weighted by Crippen LogP contribution is 2.64. The minimum Gasteiger partial charge on any atom is -0.493 e. The van der Waals surface area contributed by atoms with Gasteiger partial charge in [-0.2, -0.15) is 5.26 Å². The molecular weight excluding hydrogens is 246 g/mol. The molecule has 2 nitrogen and oxygen atoms in total. The summed E-state index contributed by atoms with van der Waals surface area (Å²) < 4.78 is 5.71. The number of nitrogens with zero attached hydrogens (tertiary/aromatic N) is 1. The lowest BCUT2D eigenvalue weighted by atomic mass is 9.44. The summed E-state index contributed by atoms with van der Waals surface area (Å²) >= 11 is 0. The van der Waals surface area contributed by atoms with Crippen LogP contribution in [-0.2, 0) is 5.41 Å². The molecule has 3 rings (SSSR count). The molecule has 0 radical (unpaired) electrons. The molecule has 0 saturated heterocycles. The number of rotatable bonds is 4. The minimum absolute atomic E-state index is 0.225. The van der Waals surface area contributed by atoms with Gasteiger partial charge in [-0.15, -0.1) is 0 Å². The molecule has 2 saturated carbocycles. The Kier molecular flexibility index (Phi) is 3.24. The first kappa shape index (κ1) is 13.5. The summed E-state index contributed by atoms with van der Waals surface area (Å²) in [4.78, 5) is 0. The summed E-state index contributed by atoms with van der Waals surface area (Å²) in [6, 6.07) is 10.8. The fourth-order valence-electron chi connectivity index (χ4n) is 3.74. The van der Waals surface area contributed by atoms with E-state index in [1.807, 2.05) is 12.1 Å². The molecule has 1 aromatic carbocycles. The van der Waals surface area contributed by atoms with Crippen molar-refractivity contribution < 1.29 is 4.74 Å². The van der Waals surface area contributed by atoms with Crippen LogP contribution in [0.5, 0.6) is 5.75 Å². The van der Waals surface area contributed by atoms with Gasteiger partial charge in [-0.1, -0.05) is 32.4 Å². The number of ether oxygens (including phenoxy) is 1. The Morgan fingerprint density at radius 1 is 1.20 bits per heavy atom. The van der Waals surface area contributed by atoms with E-state index in [0.29, 0.717) is 11.3 Å². The SMILES string of the molecule is CC(C)COc1ccc(C2(C#N)CC3(CCC3)C2)cc1. The lowest BCUT2D eigenvalue weighted by molar-refractivity contribution is -0.0227. The summed E-state index contributed by atoms with van der Waals surface area (Å²) in [5.41, 5.74) is 1.47. The van der Waals surface area contributed by atoms with Crippen molar-refractivity contribution in [1.82, 2.24) is 0 Å². The first-order valence-electron chi connectivity index (χ1n) is 7.72. The van der Waals surface area contributed by atoms with E-state index in [-0.39, 0.29) is 5.41 Å². The molecule has 0 atom stereocenters. The number of hydrogen-bond acceptors (Lipinski definition) is 2. The molecular formula is C18H23NO. The van der Waals surface area contributed by atoms with Crippen molar-refractivity contribution in [2.45, 2.75) is 51.4 Å². The van der Waals surface area contributed by atoms with Gasteiger partial charge in [-0.3, -0.25) is 0 Å². The van der Waals surface area contributed by atoms with Crippen LogP contribution in [0.2, 0.25) is 0 Å². The molecule has 0 aliphatic heterocycles. The van der Waals surface area contributed by atoms with Gasteiger partial charge in [0.1, 0.15) is 5.75 Å². The van der Waals surface area contributed by atoms with Gasteiger partial charge in [0.05, 0.1) is 18.1 Å². The van der Waals surface area contributed by atoms with Gasteiger partial charge in [-0.05, 0) is 54.7 Å². The lowest BCUT2D eigenvalue weighted by Crippen LogP contribution is -2.52. The Morgan fingerprint density at radius 3 is 2.30 bits per heavy atom. The van der Waals surface area contributed by atoms with Crippen LogP contribution in [0.4, 0.5) is 0 Å². The fraction of sp³-hybridized carbons (Fsp3) is 0.611. The van der Waals surface area contributed by atoms with Crippen molar-refractivity contribution in [2.24, 2.45) is 11.3 Å². The molecule has 2 aliphatic rings. The highest BCUT2D eigenvalue weighted by molar-refractivity contribution is 5.41. The van der Waals surface area contributed by atoms with Gasteiger partial charge in [0.15, 0.2) is 0 Å². The molecule has 0 heterocycles. The molecule has 0 unspecified atom stereocenters. The third-order valence-corrected chi connectivity index (χ3v) is 4.97. The van der Waals surface area contributed by atoms with Crippen LogP contribution in [-0.4, -0.2) is 6.61 Å². The quantitative estimate of drug-likeness (QED) is 0.809. The second kappa shape index (κ2) is 4.81. The van der Waals surface area contributed by atoms with Crippen molar-refractivity contribution in [3.05, 3.63) is 29.8 Å². The maximum absolute atomic E-state index is 9.61. The van der Waals surface area contributed by atoms with Crippen LogP contribution in [0.25, 0.3) is 0 Å². The Morgan fingerprint density at radius 2 is 1.85 bits per heavy atom. The molecule has 20 heavy (non-hydrogen) atoms. The zero-order valence-corrected chi connectivity index (χ0v) is 12.5. The van der Waals surface area contributed by atoms with Crippen LogP contribution in [0, 0.1) is 22.7 Å². The van der Waals surface area contributed by atoms with Gasteiger partial charge in [0.2, 0.25) is 0 Å². The lowest BCUT2D eigenvalue weighted by Gasteiger charge is -2.58. The summed E-state index contributed by atoms with van der Waals surface area (Å²) in [5, 5.41) is 9.61. The molecule has 1 spiro atoms. The smallest absolute Gasteiger partial charge is 0.119 e. The Hall–Kier alpha value is -1.49. The Labute approximate surface area is 121 Å². The van der Waals surface area contributed by atoms with Crippen LogP contribution < -0.4 is 4.74 Å². The number of nitriles is 1. The van der Waals surface area contributed by atoms with E-state index in [1.165, 1.54) is 24.8 Å². The van der Waals surface area contributed by atoms with Crippen molar-refractivity contribution in [3.8, 4) is 11.8 Å². The van der Waals surface area contributed by atoms with E-state index < -0.39 is 0 Å². The van der Waals surface area contributed by atoms with Crippen molar-refractivity contribution in [1.29, 1.82) is 5.26 Å². The van der Waals surface area contributed by atoms with Crippen LogP contribution in [0.1, 0.15) is 51.5 Å². The Balaban J connectivity index is 1.69. The molecule has 0 amide bonds. The highest BCUT2D eigenvalue weighted by atomic mass is 16.5. The second-order valence-electron chi connectivity index (χ2n) is 7.13. The first-order valence-corrected chi connectivity index (χ1v) is 7.72. The number of benzene rings is 1. The zero-order chi connectivity index (χ0) is 14.2. The predicted molar refractivity (Wildman–Crippen MR) is 79.6 cm³/mol. The molecule has 0 N–H and O–H groups in total. The first-order chi connectivity index (χ1) is 9.57. The Bertz CT molecular complexity index is 511. The molecule has 2 fully saturated rings. The highest BCUT2D eigenvalue weighted by Gasteiger charge is 2.58. The van der Waals surface area contributed by atoms with E-state index in [1.54, 1.807) is 0 Å². The van der Waals surface area contributed by atoms with Crippen LogP contribution in [0.3, 0.4) is 0 Å².